The van der Waals surface area contributed by atoms with E-state index in [1.165, 1.54) is 31.2 Å². The van der Waals surface area contributed by atoms with Crippen LogP contribution in [0.5, 0.6) is 0 Å². The van der Waals surface area contributed by atoms with E-state index in [2.05, 4.69) is 10.6 Å². The lowest BCUT2D eigenvalue weighted by Gasteiger charge is -2.34. The van der Waals surface area contributed by atoms with Gasteiger partial charge >= 0.3 is 6.18 Å². The molecule has 1 fully saturated rings. The van der Waals surface area contributed by atoms with E-state index in [-0.39, 0.29) is 62.4 Å². The fourth-order valence-electron chi connectivity index (χ4n) is 5.05. The van der Waals surface area contributed by atoms with Crippen LogP contribution in [0.4, 0.5) is 13.2 Å². The van der Waals surface area contributed by atoms with Crippen LogP contribution in [0.25, 0.3) is 0 Å². The average molecular weight is 666 g/mol. The Morgan fingerprint density at radius 2 is 1.86 bits per heavy atom. The minimum Gasteiger partial charge on any atom is -0.352 e. The Kier molecular flexibility index (Phi) is 12.7. The molecule has 2 amide bonds. The van der Waals surface area contributed by atoms with Crippen LogP contribution in [0.3, 0.4) is 0 Å². The molecule has 43 heavy (non-hydrogen) atoms. The number of alkyl halides is 3. The lowest BCUT2D eigenvalue weighted by atomic mass is 9.99. The standard InChI is InChI=1S/C29H37Cl2F3N4O4S/c1-2-43(41,42)26-10-9-21(30)13-20(26)16-36-28(40)19-14-24(29(32,33)34)23(25(31)15-19)18-38-12-6-7-22(17-38)37-27(39)8-4-3-5-11-35/h9-10,13-15,22H,2-8,11-12,16-18,35H2,1H3,(H,36,40)(H,37,39)/t22-/m0/s1. The van der Waals surface area contributed by atoms with Gasteiger partial charge in [-0.15, -0.1) is 0 Å². The van der Waals surface area contributed by atoms with E-state index in [1.54, 1.807) is 0 Å². The monoisotopic (exact) mass is 664 g/mol. The molecule has 3 rings (SSSR count). The van der Waals surface area contributed by atoms with Gasteiger partial charge in [0.2, 0.25) is 5.91 Å². The predicted octanol–water partition coefficient (Wildman–Crippen LogP) is 5.34. The fraction of sp³-hybridized carbons (Fsp3) is 0.517. The first-order chi connectivity index (χ1) is 20.2. The summed E-state index contributed by atoms with van der Waals surface area (Å²) < 4.78 is 67.6. The van der Waals surface area contributed by atoms with Gasteiger partial charge in [0.15, 0.2) is 9.84 Å². The number of halogens is 5. The topological polar surface area (TPSA) is 122 Å². The molecule has 1 saturated heterocycles. The van der Waals surface area contributed by atoms with Gasteiger partial charge in [-0.3, -0.25) is 14.5 Å². The molecule has 238 valence electrons. The second kappa shape index (κ2) is 15.6. The molecule has 8 nitrogen and oxygen atoms in total. The van der Waals surface area contributed by atoms with Crippen molar-refractivity contribution in [3.05, 3.63) is 62.6 Å². The molecule has 0 unspecified atom stereocenters. The first-order valence-electron chi connectivity index (χ1n) is 14.2. The Labute approximate surface area is 260 Å². The average Bonchev–Trinajstić information content (AvgIpc) is 2.94. The van der Waals surface area contributed by atoms with Gasteiger partial charge in [-0.2, -0.15) is 13.2 Å². The number of nitrogens with two attached hydrogens (primary N) is 1. The molecule has 0 aliphatic carbocycles. The second-order valence-electron chi connectivity index (χ2n) is 10.6. The Morgan fingerprint density at radius 3 is 2.53 bits per heavy atom. The van der Waals surface area contributed by atoms with Crippen molar-refractivity contribution in [1.29, 1.82) is 0 Å². The quantitative estimate of drug-likeness (QED) is 0.249. The molecule has 14 heteroatoms. The maximum atomic E-state index is 14.2. The summed E-state index contributed by atoms with van der Waals surface area (Å²) in [5, 5.41) is 5.49. The van der Waals surface area contributed by atoms with E-state index in [4.69, 9.17) is 28.9 Å². The third-order valence-electron chi connectivity index (χ3n) is 7.30. The van der Waals surface area contributed by atoms with Crippen LogP contribution >= 0.6 is 23.2 Å². The number of carbonyl (C=O) groups excluding carboxylic acids is 2. The molecule has 1 heterocycles. The summed E-state index contributed by atoms with van der Waals surface area (Å²) in [4.78, 5) is 27.1. The maximum absolute atomic E-state index is 14.2. The number of amides is 2. The van der Waals surface area contributed by atoms with Crippen molar-refractivity contribution >= 4 is 44.9 Å². The number of piperidine rings is 1. The zero-order valence-electron chi connectivity index (χ0n) is 23.9. The van der Waals surface area contributed by atoms with E-state index in [0.717, 1.165) is 31.7 Å². The van der Waals surface area contributed by atoms with Gasteiger partial charge in [0, 0.05) is 47.7 Å². The highest BCUT2D eigenvalue weighted by molar-refractivity contribution is 7.91. The summed E-state index contributed by atoms with van der Waals surface area (Å²) in [6, 6.07) is 5.86. The van der Waals surface area contributed by atoms with E-state index in [9.17, 15) is 31.2 Å². The molecule has 0 saturated carbocycles. The lowest BCUT2D eigenvalue weighted by Crippen LogP contribution is -2.47. The normalized spacial score (nSPS) is 16.2. The summed E-state index contributed by atoms with van der Waals surface area (Å²) >= 11 is 12.4. The van der Waals surface area contributed by atoms with Crippen LogP contribution in [-0.4, -0.2) is 56.6 Å². The number of hydrogen-bond donors (Lipinski definition) is 3. The van der Waals surface area contributed by atoms with E-state index >= 15 is 0 Å². The van der Waals surface area contributed by atoms with Crippen LogP contribution in [0, 0.1) is 0 Å². The highest BCUT2D eigenvalue weighted by Crippen LogP contribution is 2.37. The predicted molar refractivity (Wildman–Crippen MR) is 161 cm³/mol. The minimum absolute atomic E-state index is 0.0216. The number of carbonyl (C=O) groups is 2. The van der Waals surface area contributed by atoms with Gasteiger partial charge in [0.1, 0.15) is 0 Å². The number of hydrogen-bond acceptors (Lipinski definition) is 6. The van der Waals surface area contributed by atoms with Crippen LogP contribution < -0.4 is 16.4 Å². The molecule has 0 bridgehead atoms. The number of sulfone groups is 1. The number of unbranched alkanes of at least 4 members (excludes halogenated alkanes) is 2. The first kappa shape index (κ1) is 35.1. The van der Waals surface area contributed by atoms with Crippen LogP contribution in [0.2, 0.25) is 10.0 Å². The van der Waals surface area contributed by atoms with Crippen molar-refractivity contribution in [2.45, 2.75) is 75.7 Å². The summed E-state index contributed by atoms with van der Waals surface area (Å²) in [7, 11) is -3.64. The SMILES string of the molecule is CCS(=O)(=O)c1ccc(Cl)cc1CNC(=O)c1cc(Cl)c(CN2CCC[C@H](NC(=O)CCCCCN)C2)c(C(F)(F)F)c1. The maximum Gasteiger partial charge on any atom is 0.416 e. The Balaban J connectivity index is 1.74. The number of nitrogens with zero attached hydrogens (tertiary/aromatic N) is 1. The summed E-state index contributed by atoms with van der Waals surface area (Å²) in [6.45, 7) is 2.56. The number of likely N-dealkylation sites (tertiary alicyclic amines) is 1. The van der Waals surface area contributed by atoms with Gasteiger partial charge in [0.25, 0.3) is 5.91 Å². The van der Waals surface area contributed by atoms with Crippen LogP contribution in [0.1, 0.15) is 72.5 Å². The van der Waals surface area contributed by atoms with Gasteiger partial charge in [0.05, 0.1) is 16.2 Å². The smallest absolute Gasteiger partial charge is 0.352 e. The molecule has 0 aromatic heterocycles. The Hall–Kier alpha value is -2.38. The lowest BCUT2D eigenvalue weighted by molar-refractivity contribution is -0.138. The molecule has 1 aliphatic rings. The summed E-state index contributed by atoms with van der Waals surface area (Å²) in [6.07, 6.45) is -0.583. The Bertz CT molecular complexity index is 1410. The van der Waals surface area contributed by atoms with E-state index < -0.39 is 27.5 Å². The molecular formula is C29H37Cl2F3N4O4S. The van der Waals surface area contributed by atoms with Crippen molar-refractivity contribution in [1.82, 2.24) is 15.5 Å². The molecule has 0 radical (unpaired) electrons. The Morgan fingerprint density at radius 1 is 1.12 bits per heavy atom. The van der Waals surface area contributed by atoms with Crippen molar-refractivity contribution in [3.63, 3.8) is 0 Å². The first-order valence-corrected chi connectivity index (χ1v) is 16.6. The van der Waals surface area contributed by atoms with E-state index in [0.29, 0.717) is 32.5 Å². The van der Waals surface area contributed by atoms with E-state index in [1.807, 2.05) is 4.90 Å². The third kappa shape index (κ3) is 10.1. The van der Waals surface area contributed by atoms with Crippen molar-refractivity contribution < 1.29 is 31.2 Å². The minimum atomic E-state index is -4.79. The molecule has 4 N–H and O–H groups in total. The molecule has 0 spiro atoms. The highest BCUT2D eigenvalue weighted by atomic mass is 35.5. The molecule has 1 atom stereocenters. The fourth-order valence-corrected chi connectivity index (χ4v) is 6.64. The number of rotatable bonds is 13. The van der Waals surface area contributed by atoms with Crippen molar-refractivity contribution in [2.24, 2.45) is 5.73 Å². The third-order valence-corrected chi connectivity index (χ3v) is 9.70. The number of benzene rings is 2. The van der Waals surface area contributed by atoms with Crippen LogP contribution in [-0.2, 0) is 33.9 Å². The molecular weight excluding hydrogens is 628 g/mol. The van der Waals surface area contributed by atoms with Crippen LogP contribution in [0.15, 0.2) is 35.2 Å². The molecule has 1 aliphatic heterocycles. The summed E-state index contributed by atoms with van der Waals surface area (Å²) in [5.74, 6) is -1.13. The van der Waals surface area contributed by atoms with Crippen molar-refractivity contribution in [3.8, 4) is 0 Å². The molecule has 2 aromatic rings. The largest absolute Gasteiger partial charge is 0.416 e. The second-order valence-corrected chi connectivity index (χ2v) is 13.7. The van der Waals surface area contributed by atoms with Gasteiger partial charge in [-0.05, 0) is 80.2 Å². The van der Waals surface area contributed by atoms with Gasteiger partial charge < -0.3 is 16.4 Å². The highest BCUT2D eigenvalue weighted by Gasteiger charge is 2.36. The molecule has 2 aromatic carbocycles. The van der Waals surface area contributed by atoms with Gasteiger partial charge in [-0.25, -0.2) is 8.42 Å². The van der Waals surface area contributed by atoms with Crippen molar-refractivity contribution in [2.75, 3.05) is 25.4 Å². The number of nitrogens with one attached hydrogen (secondary N) is 2. The zero-order chi connectivity index (χ0) is 31.8. The van der Waals surface area contributed by atoms with Gasteiger partial charge in [-0.1, -0.05) is 36.5 Å². The summed E-state index contributed by atoms with van der Waals surface area (Å²) in [5.41, 5.74) is 4.18. The zero-order valence-corrected chi connectivity index (χ0v) is 26.2.